The minimum absolute atomic E-state index is 0.239. The SMILES string of the molecule is COc1ccc(C2=NC(C#N)=CN(C)C2O)cc1OC. The van der Waals surface area contributed by atoms with E-state index >= 15 is 0 Å². The van der Waals surface area contributed by atoms with E-state index in [4.69, 9.17) is 14.7 Å². The molecule has 1 N–H and O–H groups in total. The number of likely N-dealkylation sites (N-methyl/N-ethyl adjacent to an activating group) is 1. The number of hydrogen-bond acceptors (Lipinski definition) is 6. The van der Waals surface area contributed by atoms with Crippen molar-refractivity contribution in [3.8, 4) is 17.6 Å². The molecule has 1 aromatic carbocycles. The lowest BCUT2D eigenvalue weighted by atomic mass is 10.1. The molecule has 0 amide bonds. The number of hydrogen-bond donors (Lipinski definition) is 1. The van der Waals surface area contributed by atoms with Gasteiger partial charge in [-0.2, -0.15) is 5.26 Å². The van der Waals surface area contributed by atoms with Crippen molar-refractivity contribution < 1.29 is 14.6 Å². The number of aliphatic hydroxyl groups is 1. The predicted octanol–water partition coefficient (Wildman–Crippen LogP) is 1.12. The van der Waals surface area contributed by atoms with Gasteiger partial charge in [0.2, 0.25) is 0 Å². The van der Waals surface area contributed by atoms with E-state index in [2.05, 4.69) is 4.99 Å². The quantitative estimate of drug-likeness (QED) is 0.893. The van der Waals surface area contributed by atoms with Crippen LogP contribution in [0.3, 0.4) is 0 Å². The highest BCUT2D eigenvalue weighted by molar-refractivity contribution is 6.05. The standard InChI is InChI=1S/C14H15N3O3/c1-17-8-10(7-15)16-13(14(17)18)9-4-5-11(19-2)12(6-9)20-3/h4-6,8,14,18H,1-3H3. The average Bonchev–Trinajstić information content (AvgIpc) is 2.49. The number of ether oxygens (including phenoxy) is 2. The van der Waals surface area contributed by atoms with Crippen molar-refractivity contribution in [1.29, 1.82) is 5.26 Å². The second-order valence-corrected chi connectivity index (χ2v) is 4.23. The number of methoxy groups -OCH3 is 2. The van der Waals surface area contributed by atoms with Crippen LogP contribution < -0.4 is 9.47 Å². The number of nitrogens with zero attached hydrogens (tertiary/aromatic N) is 3. The van der Waals surface area contributed by atoms with E-state index in [0.717, 1.165) is 0 Å². The maximum Gasteiger partial charge on any atom is 0.170 e. The van der Waals surface area contributed by atoms with Gasteiger partial charge in [0, 0.05) is 18.8 Å². The van der Waals surface area contributed by atoms with Gasteiger partial charge in [-0.1, -0.05) is 0 Å². The molecule has 0 aliphatic carbocycles. The Morgan fingerprint density at radius 2 is 2.00 bits per heavy atom. The Bertz CT molecular complexity index is 617. The predicted molar refractivity (Wildman–Crippen MR) is 73.5 cm³/mol. The first kappa shape index (κ1) is 13.9. The zero-order chi connectivity index (χ0) is 14.7. The monoisotopic (exact) mass is 273 g/mol. The third-order valence-electron chi connectivity index (χ3n) is 2.99. The first-order valence-corrected chi connectivity index (χ1v) is 5.93. The Labute approximate surface area is 117 Å². The molecule has 1 aliphatic rings. The minimum Gasteiger partial charge on any atom is -0.493 e. The molecule has 0 fully saturated rings. The molecule has 1 unspecified atom stereocenters. The molecule has 0 spiro atoms. The zero-order valence-electron chi connectivity index (χ0n) is 11.5. The topological polar surface area (TPSA) is 78.1 Å². The Morgan fingerprint density at radius 1 is 1.30 bits per heavy atom. The first-order chi connectivity index (χ1) is 9.60. The van der Waals surface area contributed by atoms with Gasteiger partial charge >= 0.3 is 0 Å². The summed E-state index contributed by atoms with van der Waals surface area (Å²) in [5.41, 5.74) is 1.30. The number of allylic oxidation sites excluding steroid dienone is 1. The summed E-state index contributed by atoms with van der Waals surface area (Å²) < 4.78 is 10.4. The van der Waals surface area contributed by atoms with E-state index in [1.807, 2.05) is 6.07 Å². The van der Waals surface area contributed by atoms with Crippen LogP contribution in [0.15, 0.2) is 35.1 Å². The zero-order valence-corrected chi connectivity index (χ0v) is 11.5. The smallest absolute Gasteiger partial charge is 0.170 e. The molecule has 1 atom stereocenters. The summed E-state index contributed by atoms with van der Waals surface area (Å²) in [4.78, 5) is 5.69. The van der Waals surface area contributed by atoms with Crippen LogP contribution >= 0.6 is 0 Å². The average molecular weight is 273 g/mol. The van der Waals surface area contributed by atoms with E-state index in [1.165, 1.54) is 18.2 Å². The van der Waals surface area contributed by atoms with Crippen LogP contribution in [0.4, 0.5) is 0 Å². The fourth-order valence-electron chi connectivity index (χ4n) is 1.94. The molecule has 0 bridgehead atoms. The molecule has 0 saturated heterocycles. The summed E-state index contributed by atoms with van der Waals surface area (Å²) in [6.45, 7) is 0. The van der Waals surface area contributed by atoms with Gasteiger partial charge in [-0.15, -0.1) is 0 Å². The maximum atomic E-state index is 10.2. The van der Waals surface area contributed by atoms with Crippen LogP contribution in [0.25, 0.3) is 0 Å². The van der Waals surface area contributed by atoms with Crippen molar-refractivity contribution in [3.05, 3.63) is 35.7 Å². The van der Waals surface area contributed by atoms with Crippen molar-refractivity contribution in [2.45, 2.75) is 6.23 Å². The minimum atomic E-state index is -0.912. The van der Waals surface area contributed by atoms with Crippen LogP contribution in [-0.2, 0) is 0 Å². The molecule has 1 aliphatic heterocycles. The number of aliphatic imine (C=N–C) groups is 1. The molecule has 6 heteroatoms. The molecule has 2 rings (SSSR count). The van der Waals surface area contributed by atoms with Crippen molar-refractivity contribution in [1.82, 2.24) is 4.90 Å². The number of rotatable bonds is 3. The van der Waals surface area contributed by atoms with Gasteiger partial charge in [-0.05, 0) is 18.2 Å². The van der Waals surface area contributed by atoms with E-state index in [9.17, 15) is 5.11 Å². The molecule has 104 valence electrons. The molecule has 20 heavy (non-hydrogen) atoms. The number of aliphatic hydroxyl groups excluding tert-OH is 1. The molecule has 0 aromatic heterocycles. The molecular formula is C14H15N3O3. The van der Waals surface area contributed by atoms with Gasteiger partial charge in [0.15, 0.2) is 23.4 Å². The molecule has 6 nitrogen and oxygen atoms in total. The third kappa shape index (κ3) is 2.44. The molecule has 0 radical (unpaired) electrons. The number of nitriles is 1. The van der Waals surface area contributed by atoms with E-state index < -0.39 is 6.23 Å². The van der Waals surface area contributed by atoms with Crippen LogP contribution in [-0.4, -0.2) is 43.2 Å². The summed E-state index contributed by atoms with van der Waals surface area (Å²) >= 11 is 0. The Hall–Kier alpha value is -2.52. The lowest BCUT2D eigenvalue weighted by molar-refractivity contribution is 0.114. The highest BCUT2D eigenvalue weighted by Gasteiger charge is 2.23. The van der Waals surface area contributed by atoms with Gasteiger partial charge in [0.05, 0.1) is 19.9 Å². The second kappa shape index (κ2) is 5.63. The van der Waals surface area contributed by atoms with Crippen LogP contribution in [0, 0.1) is 11.3 Å². The van der Waals surface area contributed by atoms with Crippen molar-refractivity contribution in [2.24, 2.45) is 4.99 Å². The van der Waals surface area contributed by atoms with Gasteiger partial charge in [-0.25, -0.2) is 4.99 Å². The normalized spacial score (nSPS) is 17.9. The van der Waals surface area contributed by atoms with Crippen molar-refractivity contribution in [3.63, 3.8) is 0 Å². The summed E-state index contributed by atoms with van der Waals surface area (Å²) in [7, 11) is 4.76. The van der Waals surface area contributed by atoms with Crippen molar-refractivity contribution >= 4 is 5.71 Å². The van der Waals surface area contributed by atoms with Gasteiger partial charge in [0.25, 0.3) is 0 Å². The molecule has 0 saturated carbocycles. The highest BCUT2D eigenvalue weighted by atomic mass is 16.5. The fourth-order valence-corrected chi connectivity index (χ4v) is 1.94. The Balaban J connectivity index is 2.48. The summed E-state index contributed by atoms with van der Waals surface area (Å²) in [6.07, 6.45) is 0.583. The lowest BCUT2D eigenvalue weighted by Crippen LogP contribution is -2.38. The Kier molecular flexibility index (Phi) is 3.91. The van der Waals surface area contributed by atoms with Gasteiger partial charge < -0.3 is 19.5 Å². The summed E-state index contributed by atoms with van der Waals surface area (Å²) in [5.74, 6) is 1.13. The van der Waals surface area contributed by atoms with Crippen LogP contribution in [0.5, 0.6) is 11.5 Å². The Morgan fingerprint density at radius 3 is 2.60 bits per heavy atom. The van der Waals surface area contributed by atoms with Crippen molar-refractivity contribution in [2.75, 3.05) is 21.3 Å². The molecular weight excluding hydrogens is 258 g/mol. The molecule has 1 aromatic rings. The summed E-state index contributed by atoms with van der Waals surface area (Å²) in [5, 5.41) is 19.1. The summed E-state index contributed by atoms with van der Waals surface area (Å²) in [6, 6.07) is 7.18. The van der Waals surface area contributed by atoms with E-state index in [-0.39, 0.29) is 5.70 Å². The number of benzene rings is 1. The highest BCUT2D eigenvalue weighted by Crippen LogP contribution is 2.29. The largest absolute Gasteiger partial charge is 0.493 e. The second-order valence-electron chi connectivity index (χ2n) is 4.23. The van der Waals surface area contributed by atoms with E-state index in [1.54, 1.807) is 32.4 Å². The fraction of sp³-hybridized carbons (Fsp3) is 0.286. The maximum absolute atomic E-state index is 10.2. The van der Waals surface area contributed by atoms with Crippen LogP contribution in [0.2, 0.25) is 0 Å². The van der Waals surface area contributed by atoms with E-state index in [0.29, 0.717) is 22.8 Å². The van der Waals surface area contributed by atoms with Gasteiger partial charge in [0.1, 0.15) is 6.07 Å². The van der Waals surface area contributed by atoms with Gasteiger partial charge in [-0.3, -0.25) is 0 Å². The third-order valence-corrected chi connectivity index (χ3v) is 2.99. The molecule has 1 heterocycles. The first-order valence-electron chi connectivity index (χ1n) is 5.93. The lowest BCUT2D eigenvalue weighted by Gasteiger charge is -2.27. The van der Waals surface area contributed by atoms with Crippen LogP contribution in [0.1, 0.15) is 5.56 Å².